The van der Waals surface area contributed by atoms with E-state index in [0.29, 0.717) is 6.61 Å². The van der Waals surface area contributed by atoms with Crippen LogP contribution >= 0.6 is 0 Å². The molecule has 1 saturated carbocycles. The van der Waals surface area contributed by atoms with Gasteiger partial charge in [-0.25, -0.2) is 0 Å². The van der Waals surface area contributed by atoms with Crippen molar-refractivity contribution in [3.63, 3.8) is 0 Å². The average Bonchev–Trinajstić information content (AvgIpc) is 2.76. The molecule has 2 aliphatic rings. The second-order valence-electron chi connectivity index (χ2n) is 4.22. The van der Waals surface area contributed by atoms with Gasteiger partial charge in [0.25, 0.3) is 0 Å². The highest BCUT2D eigenvalue weighted by atomic mass is 16.5. The van der Waals surface area contributed by atoms with Crippen LogP contribution in [0.25, 0.3) is 0 Å². The molecule has 2 rings (SSSR count). The fraction of sp³-hybridized carbons (Fsp3) is 0.833. The summed E-state index contributed by atoms with van der Waals surface area (Å²) in [6, 6.07) is 0. The van der Waals surface area contributed by atoms with E-state index < -0.39 is 0 Å². The molecule has 0 aromatic rings. The molecule has 14 heavy (non-hydrogen) atoms. The Hall–Kier alpha value is -0.520. The fourth-order valence-corrected chi connectivity index (χ4v) is 2.57. The van der Waals surface area contributed by atoms with Gasteiger partial charge in [0, 0.05) is 12.8 Å². The van der Waals surface area contributed by atoms with Crippen LogP contribution in [-0.2, 0) is 4.74 Å². The molecule has 2 unspecified atom stereocenters. The number of ether oxygens (including phenoxy) is 1. The largest absolute Gasteiger partial charge is 0.394 e. The van der Waals surface area contributed by atoms with E-state index in [1.165, 1.54) is 12.8 Å². The van der Waals surface area contributed by atoms with Crippen LogP contribution in [0.5, 0.6) is 0 Å². The Morgan fingerprint density at radius 2 is 1.79 bits per heavy atom. The third-order valence-corrected chi connectivity index (χ3v) is 3.39. The van der Waals surface area contributed by atoms with Crippen LogP contribution in [0.2, 0.25) is 0 Å². The van der Waals surface area contributed by atoms with Gasteiger partial charge >= 0.3 is 0 Å². The Kier molecular flexibility index (Phi) is 3.44. The first-order chi connectivity index (χ1) is 6.93. The van der Waals surface area contributed by atoms with Gasteiger partial charge in [0.2, 0.25) is 0 Å². The molecule has 2 nitrogen and oxygen atoms in total. The highest BCUT2D eigenvalue weighted by molar-refractivity contribution is 5.07. The molecule has 0 aromatic carbocycles. The van der Waals surface area contributed by atoms with Gasteiger partial charge in [0.1, 0.15) is 0 Å². The quantitative estimate of drug-likeness (QED) is 0.542. The first-order valence-corrected chi connectivity index (χ1v) is 5.58. The Morgan fingerprint density at radius 1 is 1.14 bits per heavy atom. The van der Waals surface area contributed by atoms with Crippen molar-refractivity contribution < 1.29 is 9.84 Å². The SMILES string of the molecule is OCCOCC1C2CCC#CCCC21. The fourth-order valence-electron chi connectivity index (χ4n) is 2.57. The zero-order valence-corrected chi connectivity index (χ0v) is 8.54. The van der Waals surface area contributed by atoms with Crippen molar-refractivity contribution in [3.05, 3.63) is 0 Å². The predicted octanol–water partition coefficient (Wildman–Crippen LogP) is 1.43. The summed E-state index contributed by atoms with van der Waals surface area (Å²) in [5, 5.41) is 8.60. The normalized spacial score (nSPS) is 34.8. The first-order valence-electron chi connectivity index (χ1n) is 5.58. The Morgan fingerprint density at radius 3 is 2.36 bits per heavy atom. The average molecular weight is 194 g/mol. The molecule has 0 amide bonds. The molecule has 2 atom stereocenters. The molecule has 0 saturated heterocycles. The van der Waals surface area contributed by atoms with E-state index in [1.807, 2.05) is 0 Å². The van der Waals surface area contributed by atoms with Crippen molar-refractivity contribution in [1.82, 2.24) is 0 Å². The van der Waals surface area contributed by atoms with Gasteiger partial charge in [-0.3, -0.25) is 0 Å². The van der Waals surface area contributed by atoms with E-state index in [4.69, 9.17) is 9.84 Å². The Labute approximate surface area is 85.6 Å². The van der Waals surface area contributed by atoms with Crippen LogP contribution < -0.4 is 0 Å². The lowest BCUT2D eigenvalue weighted by Crippen LogP contribution is -2.03. The van der Waals surface area contributed by atoms with Crippen LogP contribution in [0.4, 0.5) is 0 Å². The molecule has 0 spiro atoms. The molecule has 78 valence electrons. The molecular weight excluding hydrogens is 176 g/mol. The second-order valence-corrected chi connectivity index (χ2v) is 4.22. The minimum absolute atomic E-state index is 0.144. The van der Waals surface area contributed by atoms with Gasteiger partial charge in [-0.15, -0.1) is 11.8 Å². The lowest BCUT2D eigenvalue weighted by Gasteiger charge is -2.00. The highest BCUT2D eigenvalue weighted by Crippen LogP contribution is 2.52. The molecule has 1 fully saturated rings. The van der Waals surface area contributed by atoms with E-state index >= 15 is 0 Å². The molecule has 1 N–H and O–H groups in total. The highest BCUT2D eigenvalue weighted by Gasteiger charge is 2.48. The Bertz CT molecular complexity index is 220. The van der Waals surface area contributed by atoms with Gasteiger partial charge in [-0.1, -0.05) is 0 Å². The number of hydrogen-bond donors (Lipinski definition) is 1. The van der Waals surface area contributed by atoms with Crippen LogP contribution in [-0.4, -0.2) is 24.9 Å². The molecule has 2 aliphatic carbocycles. The van der Waals surface area contributed by atoms with E-state index in [1.54, 1.807) is 0 Å². The standard InChI is InChI=1S/C12H18O2/c13-7-8-14-9-12-10-5-3-1-2-4-6-11(10)12/h10-13H,3-9H2. The van der Waals surface area contributed by atoms with Gasteiger partial charge in [0.05, 0.1) is 19.8 Å². The summed E-state index contributed by atoms with van der Waals surface area (Å²) in [5.41, 5.74) is 0. The number of aliphatic hydroxyl groups excluding tert-OH is 1. The van der Waals surface area contributed by atoms with Gasteiger partial charge in [-0.2, -0.15) is 0 Å². The van der Waals surface area contributed by atoms with Crippen LogP contribution in [0.1, 0.15) is 25.7 Å². The predicted molar refractivity (Wildman–Crippen MR) is 54.6 cm³/mol. The Balaban J connectivity index is 1.71. The van der Waals surface area contributed by atoms with Gasteiger partial charge in [-0.05, 0) is 30.6 Å². The van der Waals surface area contributed by atoms with Crippen molar-refractivity contribution in [2.75, 3.05) is 19.8 Å². The number of rotatable bonds is 4. The van der Waals surface area contributed by atoms with Gasteiger partial charge in [0.15, 0.2) is 0 Å². The zero-order chi connectivity index (χ0) is 9.80. The minimum Gasteiger partial charge on any atom is -0.394 e. The minimum atomic E-state index is 0.144. The molecule has 0 heterocycles. The summed E-state index contributed by atoms with van der Waals surface area (Å²) in [7, 11) is 0. The molecule has 0 aliphatic heterocycles. The summed E-state index contributed by atoms with van der Waals surface area (Å²) in [6.45, 7) is 1.48. The maximum atomic E-state index is 8.60. The topological polar surface area (TPSA) is 29.5 Å². The van der Waals surface area contributed by atoms with E-state index in [-0.39, 0.29) is 6.61 Å². The number of aliphatic hydroxyl groups is 1. The van der Waals surface area contributed by atoms with Crippen molar-refractivity contribution in [3.8, 4) is 11.8 Å². The maximum absolute atomic E-state index is 8.60. The third kappa shape index (κ3) is 2.29. The third-order valence-electron chi connectivity index (χ3n) is 3.39. The summed E-state index contributed by atoms with van der Waals surface area (Å²) in [6.07, 6.45) is 4.64. The van der Waals surface area contributed by atoms with Crippen molar-refractivity contribution in [2.45, 2.75) is 25.7 Å². The van der Waals surface area contributed by atoms with E-state index in [2.05, 4.69) is 11.8 Å². The monoisotopic (exact) mass is 194 g/mol. The lowest BCUT2D eigenvalue weighted by molar-refractivity contribution is 0.0808. The van der Waals surface area contributed by atoms with Crippen LogP contribution in [0, 0.1) is 29.6 Å². The smallest absolute Gasteiger partial charge is 0.0697 e. The summed E-state index contributed by atoms with van der Waals surface area (Å²) < 4.78 is 5.39. The van der Waals surface area contributed by atoms with Crippen molar-refractivity contribution >= 4 is 0 Å². The van der Waals surface area contributed by atoms with Crippen LogP contribution in [0.3, 0.4) is 0 Å². The van der Waals surface area contributed by atoms with Crippen molar-refractivity contribution in [1.29, 1.82) is 0 Å². The first kappa shape index (κ1) is 10.0. The second kappa shape index (κ2) is 4.82. The molecular formula is C12H18O2. The maximum Gasteiger partial charge on any atom is 0.0697 e. The van der Waals surface area contributed by atoms with Gasteiger partial charge < -0.3 is 9.84 Å². The van der Waals surface area contributed by atoms with Crippen molar-refractivity contribution in [2.24, 2.45) is 17.8 Å². The summed E-state index contributed by atoms with van der Waals surface area (Å²) in [4.78, 5) is 0. The number of hydrogen-bond acceptors (Lipinski definition) is 2. The molecule has 0 aromatic heterocycles. The molecule has 0 radical (unpaired) electrons. The van der Waals surface area contributed by atoms with E-state index in [9.17, 15) is 0 Å². The summed E-state index contributed by atoms with van der Waals surface area (Å²) in [5.74, 6) is 8.88. The van der Waals surface area contributed by atoms with E-state index in [0.717, 1.165) is 37.2 Å². The summed E-state index contributed by atoms with van der Waals surface area (Å²) >= 11 is 0. The molecule has 0 bridgehead atoms. The number of fused-ring (bicyclic) bond motifs is 1. The van der Waals surface area contributed by atoms with Crippen LogP contribution in [0.15, 0.2) is 0 Å². The molecule has 2 heteroatoms. The lowest BCUT2D eigenvalue weighted by atomic mass is 10.1. The zero-order valence-electron chi connectivity index (χ0n) is 8.54.